The lowest BCUT2D eigenvalue weighted by molar-refractivity contribution is -0.138. The summed E-state index contributed by atoms with van der Waals surface area (Å²) in [5, 5.41) is 4.30. The highest BCUT2D eigenvalue weighted by atomic mass is 16.5. The zero-order valence-electron chi connectivity index (χ0n) is 14.0. The van der Waals surface area contributed by atoms with Gasteiger partial charge in [-0.15, -0.1) is 0 Å². The molecule has 2 aromatic rings. The van der Waals surface area contributed by atoms with Crippen molar-refractivity contribution in [3.63, 3.8) is 0 Å². The Morgan fingerprint density at radius 2 is 1.92 bits per heavy atom. The van der Waals surface area contributed by atoms with Gasteiger partial charge >= 0.3 is 11.9 Å². The highest BCUT2D eigenvalue weighted by Crippen LogP contribution is 2.07. The summed E-state index contributed by atoms with van der Waals surface area (Å²) in [4.78, 5) is 23.0. The lowest BCUT2D eigenvalue weighted by Gasteiger charge is -2.04. The van der Waals surface area contributed by atoms with Gasteiger partial charge in [0.1, 0.15) is 6.61 Å². The van der Waals surface area contributed by atoms with Gasteiger partial charge in [0.05, 0.1) is 24.9 Å². The molecule has 0 fully saturated rings. The van der Waals surface area contributed by atoms with E-state index in [9.17, 15) is 9.59 Å². The van der Waals surface area contributed by atoms with E-state index in [1.807, 2.05) is 19.9 Å². The number of carbonyl (C=O) groups is 2. The van der Waals surface area contributed by atoms with Crippen LogP contribution < -0.4 is 0 Å². The Balaban J connectivity index is 1.82. The molecule has 24 heavy (non-hydrogen) atoms. The topological polar surface area (TPSA) is 70.4 Å². The summed E-state index contributed by atoms with van der Waals surface area (Å²) < 4.78 is 11.6. The normalized spacial score (nSPS) is 10.8. The SMILES string of the molecule is COC(=O)c1ccc(/C=C/C(=O)OCCn2nc(C)cc2C)cc1. The van der Waals surface area contributed by atoms with Crippen molar-refractivity contribution in [3.8, 4) is 0 Å². The van der Waals surface area contributed by atoms with Crippen LogP contribution in [0.4, 0.5) is 0 Å². The van der Waals surface area contributed by atoms with Gasteiger partial charge in [0.25, 0.3) is 0 Å². The summed E-state index contributed by atoms with van der Waals surface area (Å²) in [6.07, 6.45) is 2.99. The maximum absolute atomic E-state index is 11.7. The number of ether oxygens (including phenoxy) is 2. The number of nitrogens with zero attached hydrogens (tertiary/aromatic N) is 2. The second kappa shape index (κ2) is 8.10. The number of carbonyl (C=O) groups excluding carboxylic acids is 2. The second-order valence-electron chi connectivity index (χ2n) is 5.26. The van der Waals surface area contributed by atoms with Gasteiger partial charge in [0.15, 0.2) is 0 Å². The predicted molar refractivity (Wildman–Crippen MR) is 89.5 cm³/mol. The van der Waals surface area contributed by atoms with Crippen LogP contribution in [0.2, 0.25) is 0 Å². The van der Waals surface area contributed by atoms with Crippen molar-refractivity contribution in [2.24, 2.45) is 0 Å². The zero-order chi connectivity index (χ0) is 17.5. The molecule has 0 N–H and O–H groups in total. The van der Waals surface area contributed by atoms with E-state index in [1.165, 1.54) is 13.2 Å². The first kappa shape index (κ1) is 17.5. The van der Waals surface area contributed by atoms with Crippen LogP contribution in [0.15, 0.2) is 36.4 Å². The monoisotopic (exact) mass is 328 g/mol. The van der Waals surface area contributed by atoms with E-state index in [0.717, 1.165) is 17.0 Å². The van der Waals surface area contributed by atoms with Crippen LogP contribution in [0.5, 0.6) is 0 Å². The molecule has 0 aliphatic heterocycles. The quantitative estimate of drug-likeness (QED) is 0.602. The molecule has 1 aromatic heterocycles. The summed E-state index contributed by atoms with van der Waals surface area (Å²) in [5.41, 5.74) is 3.22. The third kappa shape index (κ3) is 4.81. The standard InChI is InChI=1S/C18H20N2O4/c1-13-12-14(2)20(19-13)10-11-24-17(21)9-6-15-4-7-16(8-5-15)18(22)23-3/h4-9,12H,10-11H2,1-3H3/b9-6+. The van der Waals surface area contributed by atoms with Crippen LogP contribution in [0, 0.1) is 13.8 Å². The molecule has 6 heteroatoms. The van der Waals surface area contributed by atoms with E-state index in [-0.39, 0.29) is 6.61 Å². The molecule has 0 saturated heterocycles. The van der Waals surface area contributed by atoms with Crippen LogP contribution in [0.25, 0.3) is 6.08 Å². The molecule has 6 nitrogen and oxygen atoms in total. The number of esters is 2. The average molecular weight is 328 g/mol. The van der Waals surface area contributed by atoms with E-state index in [1.54, 1.807) is 35.0 Å². The third-order valence-corrected chi connectivity index (χ3v) is 3.39. The Morgan fingerprint density at radius 3 is 2.50 bits per heavy atom. The lowest BCUT2D eigenvalue weighted by atomic mass is 10.1. The fourth-order valence-corrected chi connectivity index (χ4v) is 2.19. The van der Waals surface area contributed by atoms with Crippen molar-refractivity contribution < 1.29 is 19.1 Å². The number of aryl methyl sites for hydroxylation is 2. The lowest BCUT2D eigenvalue weighted by Crippen LogP contribution is -2.11. The van der Waals surface area contributed by atoms with Crippen LogP contribution in [0.3, 0.4) is 0 Å². The molecule has 0 radical (unpaired) electrons. The fraction of sp³-hybridized carbons (Fsp3) is 0.278. The molecule has 126 valence electrons. The summed E-state index contributed by atoms with van der Waals surface area (Å²) in [7, 11) is 1.33. The molecule has 0 amide bonds. The number of hydrogen-bond acceptors (Lipinski definition) is 5. The highest BCUT2D eigenvalue weighted by Gasteiger charge is 2.04. The number of benzene rings is 1. The number of methoxy groups -OCH3 is 1. The first-order valence-electron chi connectivity index (χ1n) is 7.54. The molecule has 0 saturated carbocycles. The molecular formula is C18H20N2O4. The maximum atomic E-state index is 11.7. The van der Waals surface area contributed by atoms with Crippen molar-refractivity contribution in [3.05, 3.63) is 58.9 Å². The van der Waals surface area contributed by atoms with E-state index >= 15 is 0 Å². The maximum Gasteiger partial charge on any atom is 0.337 e. The van der Waals surface area contributed by atoms with Gasteiger partial charge in [-0.3, -0.25) is 4.68 Å². The van der Waals surface area contributed by atoms with E-state index in [2.05, 4.69) is 9.84 Å². The molecule has 0 aliphatic carbocycles. The Labute approximate surface area is 140 Å². The van der Waals surface area contributed by atoms with Crippen molar-refractivity contribution >= 4 is 18.0 Å². The van der Waals surface area contributed by atoms with E-state index in [0.29, 0.717) is 12.1 Å². The minimum absolute atomic E-state index is 0.256. The molecule has 0 spiro atoms. The minimum atomic E-state index is -0.423. The molecule has 1 aromatic carbocycles. The van der Waals surface area contributed by atoms with Gasteiger partial charge in [-0.2, -0.15) is 5.10 Å². The molecule has 0 atom stereocenters. The second-order valence-corrected chi connectivity index (χ2v) is 5.26. The van der Waals surface area contributed by atoms with E-state index < -0.39 is 11.9 Å². The Morgan fingerprint density at radius 1 is 1.21 bits per heavy atom. The third-order valence-electron chi connectivity index (χ3n) is 3.39. The summed E-state index contributed by atoms with van der Waals surface area (Å²) in [6.45, 7) is 4.66. The highest BCUT2D eigenvalue weighted by molar-refractivity contribution is 5.90. The van der Waals surface area contributed by atoms with Gasteiger partial charge in [0.2, 0.25) is 0 Å². The largest absolute Gasteiger partial charge is 0.465 e. The van der Waals surface area contributed by atoms with Gasteiger partial charge in [0, 0.05) is 11.8 Å². The van der Waals surface area contributed by atoms with Gasteiger partial charge in [-0.05, 0) is 43.7 Å². The fourth-order valence-electron chi connectivity index (χ4n) is 2.19. The van der Waals surface area contributed by atoms with Crippen molar-refractivity contribution in [2.75, 3.05) is 13.7 Å². The van der Waals surface area contributed by atoms with Crippen molar-refractivity contribution in [1.29, 1.82) is 0 Å². The predicted octanol–water partition coefficient (Wildman–Crippen LogP) is 2.54. The Bertz CT molecular complexity index is 745. The van der Waals surface area contributed by atoms with Crippen molar-refractivity contribution in [2.45, 2.75) is 20.4 Å². The van der Waals surface area contributed by atoms with E-state index in [4.69, 9.17) is 4.74 Å². The number of hydrogen-bond donors (Lipinski definition) is 0. The smallest absolute Gasteiger partial charge is 0.337 e. The Kier molecular flexibility index (Phi) is 5.89. The molecule has 2 rings (SSSR count). The van der Waals surface area contributed by atoms with Gasteiger partial charge < -0.3 is 9.47 Å². The molecule has 1 heterocycles. The molecular weight excluding hydrogens is 308 g/mol. The first-order valence-corrected chi connectivity index (χ1v) is 7.54. The number of rotatable bonds is 6. The van der Waals surface area contributed by atoms with Crippen LogP contribution in [-0.2, 0) is 20.8 Å². The first-order chi connectivity index (χ1) is 11.5. The van der Waals surface area contributed by atoms with Gasteiger partial charge in [-0.1, -0.05) is 12.1 Å². The zero-order valence-corrected chi connectivity index (χ0v) is 14.0. The summed E-state index contributed by atoms with van der Waals surface area (Å²) in [6, 6.07) is 8.71. The summed E-state index contributed by atoms with van der Waals surface area (Å²) >= 11 is 0. The number of aromatic nitrogens is 2. The minimum Gasteiger partial charge on any atom is -0.465 e. The van der Waals surface area contributed by atoms with Crippen LogP contribution >= 0.6 is 0 Å². The average Bonchev–Trinajstić information content (AvgIpc) is 2.90. The van der Waals surface area contributed by atoms with Gasteiger partial charge in [-0.25, -0.2) is 9.59 Å². The van der Waals surface area contributed by atoms with Crippen LogP contribution in [-0.4, -0.2) is 35.4 Å². The van der Waals surface area contributed by atoms with Crippen LogP contribution in [0.1, 0.15) is 27.3 Å². The summed E-state index contributed by atoms with van der Waals surface area (Å²) in [5.74, 6) is -0.817. The Hall–Kier alpha value is -2.89. The van der Waals surface area contributed by atoms with Crippen molar-refractivity contribution in [1.82, 2.24) is 9.78 Å². The molecule has 0 unspecified atom stereocenters. The molecule has 0 aliphatic rings. The molecule has 0 bridgehead atoms.